The molecule has 3 unspecified atom stereocenters. The van der Waals surface area contributed by atoms with Crippen LogP contribution in [0, 0.1) is 5.92 Å². The average molecular weight is 272 g/mol. The molecule has 18 heavy (non-hydrogen) atoms. The van der Waals surface area contributed by atoms with Gasteiger partial charge in [0.1, 0.15) is 0 Å². The van der Waals surface area contributed by atoms with E-state index in [4.69, 9.17) is 4.74 Å². The third kappa shape index (κ3) is 3.87. The van der Waals surface area contributed by atoms with Crippen LogP contribution in [0.25, 0.3) is 0 Å². The summed E-state index contributed by atoms with van der Waals surface area (Å²) in [5.41, 5.74) is 0. The molecule has 2 rings (SSSR count). The summed E-state index contributed by atoms with van der Waals surface area (Å²) >= 11 is 1.94. The van der Waals surface area contributed by atoms with Gasteiger partial charge in [0.05, 0.1) is 19.1 Å². The van der Waals surface area contributed by atoms with Crippen molar-refractivity contribution in [2.45, 2.75) is 38.3 Å². The van der Waals surface area contributed by atoms with Crippen molar-refractivity contribution < 1.29 is 9.53 Å². The molecule has 2 fully saturated rings. The predicted molar refractivity (Wildman–Crippen MR) is 74.9 cm³/mol. The van der Waals surface area contributed by atoms with E-state index < -0.39 is 0 Å². The number of rotatable bonds is 5. The fourth-order valence-corrected chi connectivity index (χ4v) is 3.58. The Morgan fingerprint density at radius 2 is 2.33 bits per heavy atom. The zero-order valence-corrected chi connectivity index (χ0v) is 11.9. The lowest BCUT2D eigenvalue weighted by Crippen LogP contribution is -2.48. The fraction of sp³-hybridized carbons (Fsp3) is 0.923. The molecule has 0 aromatic carbocycles. The lowest BCUT2D eigenvalue weighted by atomic mass is 10.0. The molecule has 3 atom stereocenters. The zero-order chi connectivity index (χ0) is 12.8. The van der Waals surface area contributed by atoms with Crippen LogP contribution in [-0.4, -0.2) is 49.3 Å². The Balaban J connectivity index is 1.79. The third-order valence-electron chi connectivity index (χ3n) is 3.58. The minimum absolute atomic E-state index is 0.0107. The number of hydrogen-bond donors (Lipinski definition) is 2. The van der Waals surface area contributed by atoms with Crippen molar-refractivity contribution in [3.8, 4) is 0 Å². The molecular formula is C13H24N2O2S. The number of thioether (sulfide) groups is 1. The van der Waals surface area contributed by atoms with Crippen LogP contribution < -0.4 is 10.6 Å². The number of carbonyl (C=O) groups is 1. The highest BCUT2D eigenvalue weighted by molar-refractivity contribution is 7.99. The van der Waals surface area contributed by atoms with Gasteiger partial charge in [0, 0.05) is 17.8 Å². The van der Waals surface area contributed by atoms with Crippen LogP contribution in [-0.2, 0) is 9.53 Å². The van der Waals surface area contributed by atoms with Gasteiger partial charge >= 0.3 is 0 Å². The normalized spacial score (nSPS) is 32.4. The fourth-order valence-electron chi connectivity index (χ4n) is 2.51. The predicted octanol–water partition coefficient (Wildman–Crippen LogP) is 1.01. The number of amides is 1. The highest BCUT2D eigenvalue weighted by atomic mass is 32.2. The molecule has 2 aliphatic rings. The monoisotopic (exact) mass is 272 g/mol. The summed E-state index contributed by atoms with van der Waals surface area (Å²) in [6, 6.07) is 0.560. The molecule has 2 aliphatic heterocycles. The number of nitrogens with one attached hydrogen (secondary N) is 2. The van der Waals surface area contributed by atoms with Gasteiger partial charge in [-0.15, -0.1) is 0 Å². The van der Waals surface area contributed by atoms with Gasteiger partial charge in [-0.3, -0.25) is 4.79 Å². The Morgan fingerprint density at radius 3 is 3.06 bits per heavy atom. The smallest absolute Gasteiger partial charge is 0.227 e. The van der Waals surface area contributed by atoms with E-state index in [1.54, 1.807) is 0 Å². The summed E-state index contributed by atoms with van der Waals surface area (Å²) in [7, 11) is 0. The van der Waals surface area contributed by atoms with Gasteiger partial charge in [-0.1, -0.05) is 6.92 Å². The lowest BCUT2D eigenvalue weighted by molar-refractivity contribution is -0.126. The quantitative estimate of drug-likeness (QED) is 0.784. The number of carbonyl (C=O) groups excluding carboxylic acids is 1. The van der Waals surface area contributed by atoms with Crippen LogP contribution in [0.2, 0.25) is 0 Å². The summed E-state index contributed by atoms with van der Waals surface area (Å²) in [5.74, 6) is 2.46. The molecular weight excluding hydrogens is 248 g/mol. The molecule has 0 saturated carbocycles. The highest BCUT2D eigenvalue weighted by Gasteiger charge is 2.34. The standard InChI is InChI=1S/C13H24N2O2S/c1-2-5-14-12-8-17-7-11(12)13(16)15-10-4-3-6-18-9-10/h10-12,14H,2-9H2,1H3,(H,15,16). The van der Waals surface area contributed by atoms with Gasteiger partial charge in [-0.2, -0.15) is 11.8 Å². The molecule has 0 aromatic rings. The topological polar surface area (TPSA) is 50.4 Å². The van der Waals surface area contributed by atoms with Gasteiger partial charge in [0.2, 0.25) is 5.91 Å². The molecule has 104 valence electrons. The molecule has 1 amide bonds. The maximum atomic E-state index is 12.2. The molecule has 2 saturated heterocycles. The van der Waals surface area contributed by atoms with Crippen molar-refractivity contribution >= 4 is 17.7 Å². The molecule has 0 radical (unpaired) electrons. The maximum Gasteiger partial charge on any atom is 0.227 e. The van der Waals surface area contributed by atoms with E-state index in [1.165, 1.54) is 12.2 Å². The molecule has 2 heterocycles. The van der Waals surface area contributed by atoms with Crippen molar-refractivity contribution in [3.05, 3.63) is 0 Å². The Labute approximate surface area is 114 Å². The van der Waals surface area contributed by atoms with Crippen LogP contribution in [0.3, 0.4) is 0 Å². The van der Waals surface area contributed by atoms with E-state index >= 15 is 0 Å². The second-order valence-corrected chi connectivity index (χ2v) is 6.28. The van der Waals surface area contributed by atoms with Crippen LogP contribution in [0.4, 0.5) is 0 Å². The van der Waals surface area contributed by atoms with Gasteiger partial charge in [-0.05, 0) is 31.6 Å². The van der Waals surface area contributed by atoms with Crippen molar-refractivity contribution in [2.75, 3.05) is 31.3 Å². The summed E-state index contributed by atoms with van der Waals surface area (Å²) < 4.78 is 5.45. The van der Waals surface area contributed by atoms with Gasteiger partial charge in [-0.25, -0.2) is 0 Å². The molecule has 0 spiro atoms. The molecule has 0 aliphatic carbocycles. The highest BCUT2D eigenvalue weighted by Crippen LogP contribution is 2.19. The molecule has 4 nitrogen and oxygen atoms in total. The summed E-state index contributed by atoms with van der Waals surface area (Å²) in [6.07, 6.45) is 3.43. The number of hydrogen-bond acceptors (Lipinski definition) is 4. The van der Waals surface area contributed by atoms with E-state index in [2.05, 4.69) is 17.6 Å². The summed E-state index contributed by atoms with van der Waals surface area (Å²) in [6.45, 7) is 4.32. The first-order chi connectivity index (χ1) is 8.81. The Kier molecular flexibility index (Phi) is 5.79. The molecule has 5 heteroatoms. The lowest BCUT2D eigenvalue weighted by Gasteiger charge is -2.25. The summed E-state index contributed by atoms with van der Waals surface area (Å²) in [4.78, 5) is 12.2. The van der Waals surface area contributed by atoms with Crippen molar-refractivity contribution in [1.82, 2.24) is 10.6 Å². The Hall–Kier alpha value is -0.260. The van der Waals surface area contributed by atoms with Gasteiger partial charge in [0.25, 0.3) is 0 Å². The van der Waals surface area contributed by atoms with Crippen LogP contribution in [0.15, 0.2) is 0 Å². The maximum absolute atomic E-state index is 12.2. The van der Waals surface area contributed by atoms with Gasteiger partial charge < -0.3 is 15.4 Å². The average Bonchev–Trinajstić information content (AvgIpc) is 2.86. The van der Waals surface area contributed by atoms with Crippen molar-refractivity contribution in [3.63, 3.8) is 0 Å². The SMILES string of the molecule is CCCNC1COCC1C(=O)NC1CCCSC1. The second-order valence-electron chi connectivity index (χ2n) is 5.13. The molecule has 0 aromatic heterocycles. The van der Waals surface area contributed by atoms with Crippen LogP contribution in [0.1, 0.15) is 26.2 Å². The van der Waals surface area contributed by atoms with Crippen LogP contribution >= 0.6 is 11.8 Å². The number of ether oxygens (including phenoxy) is 1. The first-order valence-electron chi connectivity index (χ1n) is 7.00. The largest absolute Gasteiger partial charge is 0.379 e. The molecule has 0 bridgehead atoms. The van der Waals surface area contributed by atoms with Crippen molar-refractivity contribution in [2.24, 2.45) is 5.92 Å². The Morgan fingerprint density at radius 1 is 1.44 bits per heavy atom. The Bertz CT molecular complexity index is 270. The zero-order valence-electron chi connectivity index (χ0n) is 11.1. The third-order valence-corrected chi connectivity index (χ3v) is 4.80. The van der Waals surface area contributed by atoms with Crippen molar-refractivity contribution in [1.29, 1.82) is 0 Å². The first kappa shape index (κ1) is 14.2. The van der Waals surface area contributed by atoms with E-state index in [-0.39, 0.29) is 17.9 Å². The summed E-state index contributed by atoms with van der Waals surface area (Å²) in [5, 5.41) is 6.60. The minimum atomic E-state index is -0.0107. The minimum Gasteiger partial charge on any atom is -0.379 e. The van der Waals surface area contributed by atoms with Crippen LogP contribution in [0.5, 0.6) is 0 Å². The van der Waals surface area contributed by atoms with E-state index in [0.717, 1.165) is 25.1 Å². The first-order valence-corrected chi connectivity index (χ1v) is 8.16. The van der Waals surface area contributed by atoms with Gasteiger partial charge in [0.15, 0.2) is 0 Å². The molecule has 2 N–H and O–H groups in total. The second kappa shape index (κ2) is 7.36. The van der Waals surface area contributed by atoms with E-state index in [1.807, 2.05) is 11.8 Å². The van der Waals surface area contributed by atoms with E-state index in [0.29, 0.717) is 19.3 Å². The van der Waals surface area contributed by atoms with E-state index in [9.17, 15) is 4.79 Å².